The molecule has 0 atom stereocenters. The fourth-order valence-corrected chi connectivity index (χ4v) is 0.345. The topological polar surface area (TPSA) is 62.4 Å². The number of hydrogen-bond acceptors (Lipinski definition) is 2. The molecule has 10 heavy (non-hydrogen) atoms. The van der Waals surface area contributed by atoms with Crippen LogP contribution in [0.3, 0.4) is 0 Å². The van der Waals surface area contributed by atoms with E-state index >= 15 is 0 Å². The third-order valence-corrected chi connectivity index (χ3v) is 0.689. The summed E-state index contributed by atoms with van der Waals surface area (Å²) in [4.78, 5) is 3.77. The molecule has 0 aliphatic carbocycles. The minimum absolute atomic E-state index is 0.320. The molecule has 0 aromatic rings. The van der Waals surface area contributed by atoms with E-state index in [4.69, 9.17) is 5.73 Å². The van der Waals surface area contributed by atoms with Crippen LogP contribution >= 0.6 is 0 Å². The van der Waals surface area contributed by atoms with Crippen LogP contribution in [0.4, 0.5) is 0 Å². The van der Waals surface area contributed by atoms with Crippen molar-refractivity contribution in [2.24, 2.45) is 10.7 Å². The van der Waals surface area contributed by atoms with Crippen LogP contribution in [0.2, 0.25) is 0 Å². The summed E-state index contributed by atoms with van der Waals surface area (Å²) in [5, 5.41) is 0. The third kappa shape index (κ3) is 4.86. The van der Waals surface area contributed by atoms with Crippen LogP contribution in [0.25, 0.3) is 0 Å². The zero-order valence-electron chi connectivity index (χ0n) is 5.96. The molecular formula is C6H12N4. The van der Waals surface area contributed by atoms with Gasteiger partial charge in [0, 0.05) is 13.2 Å². The number of allylic oxidation sites excluding steroid dienone is 2. The molecule has 0 rings (SSSR count). The predicted octanol–water partition coefficient (Wildman–Crippen LogP) is -0.275. The van der Waals surface area contributed by atoms with Gasteiger partial charge in [-0.2, -0.15) is 0 Å². The number of rotatable bonds is 3. The highest BCUT2D eigenvalue weighted by Gasteiger charge is 1.79. The first kappa shape index (κ1) is 8.71. The molecule has 0 radical (unpaired) electrons. The van der Waals surface area contributed by atoms with Gasteiger partial charge in [-0.3, -0.25) is 5.43 Å². The zero-order valence-corrected chi connectivity index (χ0v) is 5.96. The number of hydrazine groups is 1. The Balaban J connectivity index is 3.67. The number of nitrogens with zero attached hydrogens (tertiary/aromatic N) is 1. The minimum Gasteiger partial charge on any atom is -0.369 e. The summed E-state index contributed by atoms with van der Waals surface area (Å²) in [5.41, 5.74) is 10.5. The summed E-state index contributed by atoms with van der Waals surface area (Å²) in [6.45, 7) is 3.47. The first-order valence-corrected chi connectivity index (χ1v) is 2.85. The fraction of sp³-hybridized carbons (Fsp3) is 0.167. The van der Waals surface area contributed by atoms with Gasteiger partial charge in [0.15, 0.2) is 0 Å². The molecule has 0 aromatic carbocycles. The van der Waals surface area contributed by atoms with E-state index < -0.39 is 0 Å². The minimum atomic E-state index is 0.320. The molecule has 0 unspecified atom stereocenters. The van der Waals surface area contributed by atoms with E-state index in [0.717, 1.165) is 0 Å². The van der Waals surface area contributed by atoms with Gasteiger partial charge in [0.05, 0.1) is 0 Å². The van der Waals surface area contributed by atoms with Gasteiger partial charge in [-0.15, -0.1) is 0 Å². The Hall–Kier alpha value is -1.29. The molecule has 0 aliphatic heterocycles. The highest BCUT2D eigenvalue weighted by molar-refractivity contribution is 5.77. The quantitative estimate of drug-likeness (QED) is 0.219. The summed E-state index contributed by atoms with van der Waals surface area (Å²) in [6, 6.07) is 0. The van der Waals surface area contributed by atoms with Crippen molar-refractivity contribution >= 4 is 5.96 Å². The lowest BCUT2D eigenvalue weighted by Crippen LogP contribution is -2.39. The predicted molar refractivity (Wildman–Crippen MR) is 43.2 cm³/mol. The Morgan fingerprint density at radius 2 is 2.40 bits per heavy atom. The van der Waals surface area contributed by atoms with Crippen LogP contribution in [-0.4, -0.2) is 13.0 Å². The molecule has 4 heteroatoms. The third-order valence-electron chi connectivity index (χ3n) is 0.689. The Morgan fingerprint density at radius 1 is 1.70 bits per heavy atom. The van der Waals surface area contributed by atoms with Gasteiger partial charge in [0.1, 0.15) is 0 Å². The smallest absolute Gasteiger partial charge is 0.207 e. The lowest BCUT2D eigenvalue weighted by molar-refractivity contribution is 0.761. The molecule has 0 fully saturated rings. The first-order valence-electron chi connectivity index (χ1n) is 2.85. The van der Waals surface area contributed by atoms with E-state index in [2.05, 4.69) is 22.4 Å². The van der Waals surface area contributed by atoms with Gasteiger partial charge < -0.3 is 5.73 Å². The van der Waals surface area contributed by atoms with Crippen LogP contribution in [0.15, 0.2) is 29.9 Å². The molecule has 0 bridgehead atoms. The van der Waals surface area contributed by atoms with Crippen molar-refractivity contribution < 1.29 is 0 Å². The monoisotopic (exact) mass is 140 g/mol. The summed E-state index contributed by atoms with van der Waals surface area (Å²) in [7, 11) is 1.71. The number of guanidine groups is 1. The summed E-state index contributed by atoms with van der Waals surface area (Å²) in [5.74, 6) is 0.320. The van der Waals surface area contributed by atoms with Crippen molar-refractivity contribution in [2.75, 3.05) is 7.05 Å². The summed E-state index contributed by atoms with van der Waals surface area (Å²) in [6.07, 6.45) is 4.85. The maximum Gasteiger partial charge on any atom is 0.207 e. The SMILES string of the molecule is C=C/C=C\N=C(N)NNC. The van der Waals surface area contributed by atoms with Gasteiger partial charge >= 0.3 is 0 Å². The van der Waals surface area contributed by atoms with Crippen molar-refractivity contribution in [1.82, 2.24) is 10.9 Å². The van der Waals surface area contributed by atoms with E-state index in [9.17, 15) is 0 Å². The van der Waals surface area contributed by atoms with Gasteiger partial charge in [-0.05, 0) is 6.08 Å². The second-order valence-corrected chi connectivity index (χ2v) is 1.47. The molecule has 0 saturated carbocycles. The Labute approximate surface area is 60.5 Å². The largest absolute Gasteiger partial charge is 0.369 e. The van der Waals surface area contributed by atoms with Crippen LogP contribution in [0, 0.1) is 0 Å². The number of hydrogen-bond donors (Lipinski definition) is 3. The zero-order chi connectivity index (χ0) is 7.82. The second-order valence-electron chi connectivity index (χ2n) is 1.47. The van der Waals surface area contributed by atoms with Crippen LogP contribution in [0.1, 0.15) is 0 Å². The molecule has 4 nitrogen and oxygen atoms in total. The van der Waals surface area contributed by atoms with Crippen LogP contribution in [-0.2, 0) is 0 Å². The maximum absolute atomic E-state index is 5.32. The van der Waals surface area contributed by atoms with Crippen molar-refractivity contribution in [2.45, 2.75) is 0 Å². The van der Waals surface area contributed by atoms with Gasteiger partial charge in [0.25, 0.3) is 0 Å². The van der Waals surface area contributed by atoms with E-state index in [1.807, 2.05) is 0 Å². The lowest BCUT2D eigenvalue weighted by Gasteiger charge is -1.98. The summed E-state index contributed by atoms with van der Waals surface area (Å²) >= 11 is 0. The van der Waals surface area contributed by atoms with E-state index in [-0.39, 0.29) is 0 Å². The van der Waals surface area contributed by atoms with Gasteiger partial charge in [-0.25, -0.2) is 10.4 Å². The van der Waals surface area contributed by atoms with Crippen molar-refractivity contribution in [3.63, 3.8) is 0 Å². The highest BCUT2D eigenvalue weighted by atomic mass is 15.4. The van der Waals surface area contributed by atoms with E-state index in [0.29, 0.717) is 5.96 Å². The van der Waals surface area contributed by atoms with Crippen molar-refractivity contribution in [1.29, 1.82) is 0 Å². The van der Waals surface area contributed by atoms with Gasteiger partial charge in [-0.1, -0.05) is 12.7 Å². The highest BCUT2D eigenvalue weighted by Crippen LogP contribution is 1.73. The van der Waals surface area contributed by atoms with E-state index in [1.165, 1.54) is 0 Å². The fourth-order valence-electron chi connectivity index (χ4n) is 0.345. The molecule has 0 saturated heterocycles. The van der Waals surface area contributed by atoms with E-state index in [1.54, 1.807) is 25.4 Å². The first-order chi connectivity index (χ1) is 4.81. The number of aliphatic imine (C=N–C) groups is 1. The Morgan fingerprint density at radius 3 is 2.90 bits per heavy atom. The molecular weight excluding hydrogens is 128 g/mol. The lowest BCUT2D eigenvalue weighted by atomic mass is 10.6. The Kier molecular flexibility index (Phi) is 5.09. The standard InChI is InChI=1S/C6H12N4/c1-3-4-5-9-6(7)10-8-2/h3-5,8H,1H2,2H3,(H3,7,9,10)/b5-4-. The summed E-state index contributed by atoms with van der Waals surface area (Å²) < 4.78 is 0. The van der Waals surface area contributed by atoms with Crippen molar-refractivity contribution in [3.05, 3.63) is 24.9 Å². The number of nitrogens with two attached hydrogens (primary N) is 1. The normalized spacial score (nSPS) is 11.9. The molecule has 0 heterocycles. The molecule has 56 valence electrons. The van der Waals surface area contributed by atoms with Gasteiger partial charge in [0.2, 0.25) is 5.96 Å². The van der Waals surface area contributed by atoms with Crippen LogP contribution < -0.4 is 16.6 Å². The molecule has 0 amide bonds. The number of nitrogens with one attached hydrogen (secondary N) is 2. The molecule has 4 N–H and O–H groups in total. The molecule has 0 aromatic heterocycles. The van der Waals surface area contributed by atoms with Crippen LogP contribution in [0.5, 0.6) is 0 Å². The Bertz CT molecular complexity index is 148. The average Bonchev–Trinajstić information content (AvgIpc) is 1.89. The maximum atomic E-state index is 5.32. The molecule has 0 spiro atoms. The van der Waals surface area contributed by atoms with Crippen molar-refractivity contribution in [3.8, 4) is 0 Å². The molecule has 0 aliphatic rings. The second kappa shape index (κ2) is 5.84. The average molecular weight is 140 g/mol.